The molecular formula is C25H27NO2S2. The molecule has 30 heavy (non-hydrogen) atoms. The zero-order chi connectivity index (χ0) is 21.5. The van der Waals surface area contributed by atoms with Crippen molar-refractivity contribution in [3.63, 3.8) is 0 Å². The summed E-state index contributed by atoms with van der Waals surface area (Å²) in [6.07, 6.45) is 2.11. The van der Waals surface area contributed by atoms with E-state index in [1.165, 1.54) is 29.1 Å². The average Bonchev–Trinajstić information content (AvgIpc) is 2.75. The van der Waals surface area contributed by atoms with Crippen molar-refractivity contribution in [3.8, 4) is 0 Å². The maximum Gasteiger partial charge on any atom is 0.286 e. The lowest BCUT2D eigenvalue weighted by Crippen LogP contribution is -2.26. The summed E-state index contributed by atoms with van der Waals surface area (Å²) in [6.45, 7) is 7.48. The highest BCUT2D eigenvalue weighted by Gasteiger charge is 2.17. The number of nitrogens with zero attached hydrogens (tertiary/aromatic N) is 1. The smallest absolute Gasteiger partial charge is 0.286 e. The molecular weight excluding hydrogens is 410 g/mol. The van der Waals surface area contributed by atoms with Crippen LogP contribution in [0.1, 0.15) is 43.1 Å². The van der Waals surface area contributed by atoms with Gasteiger partial charge in [-0.1, -0.05) is 61.9 Å². The first-order valence-corrected chi connectivity index (χ1v) is 12.0. The highest BCUT2D eigenvalue weighted by molar-refractivity contribution is 8.15. The molecule has 0 aliphatic heterocycles. The molecule has 0 unspecified atom stereocenters. The number of amides is 1. The van der Waals surface area contributed by atoms with Crippen molar-refractivity contribution in [1.82, 2.24) is 4.90 Å². The highest BCUT2D eigenvalue weighted by Crippen LogP contribution is 2.37. The second kappa shape index (κ2) is 10.7. The summed E-state index contributed by atoms with van der Waals surface area (Å²) in [6, 6.07) is 19.8. The van der Waals surface area contributed by atoms with Crippen molar-refractivity contribution in [2.45, 2.75) is 43.4 Å². The monoisotopic (exact) mass is 437 g/mol. The van der Waals surface area contributed by atoms with Crippen LogP contribution in [0.3, 0.4) is 0 Å². The Morgan fingerprint density at radius 3 is 1.97 bits per heavy atom. The molecule has 0 radical (unpaired) electrons. The quantitative estimate of drug-likeness (QED) is 0.364. The molecule has 3 aromatic carbocycles. The van der Waals surface area contributed by atoms with E-state index in [4.69, 9.17) is 0 Å². The molecule has 0 aliphatic rings. The van der Waals surface area contributed by atoms with Crippen LogP contribution in [0.4, 0.5) is 4.79 Å². The number of hydrogen-bond acceptors (Lipinski definition) is 4. The van der Waals surface area contributed by atoms with E-state index in [0.717, 1.165) is 33.4 Å². The summed E-state index contributed by atoms with van der Waals surface area (Å²) in [7, 11) is 0. The zero-order valence-corrected chi connectivity index (χ0v) is 19.3. The lowest BCUT2D eigenvalue weighted by Gasteiger charge is -2.18. The third-order valence-corrected chi connectivity index (χ3v) is 6.95. The van der Waals surface area contributed by atoms with Crippen molar-refractivity contribution < 1.29 is 9.59 Å². The van der Waals surface area contributed by atoms with E-state index in [2.05, 4.69) is 6.92 Å². The molecule has 0 bridgehead atoms. The molecule has 0 atom stereocenters. The SMILES string of the molecule is CCCc1ccc(C(=O)Sc2cccc3cccc(SC(=O)N(CC)CC)c23)cc1. The lowest BCUT2D eigenvalue weighted by molar-refractivity contribution is 0.108. The molecule has 5 heteroatoms. The number of carbonyl (C=O) groups is 2. The molecule has 0 saturated carbocycles. The largest absolute Gasteiger partial charge is 0.334 e. The van der Waals surface area contributed by atoms with Gasteiger partial charge >= 0.3 is 0 Å². The van der Waals surface area contributed by atoms with Gasteiger partial charge in [-0.25, -0.2) is 0 Å². The summed E-state index contributed by atoms with van der Waals surface area (Å²) >= 11 is 2.47. The summed E-state index contributed by atoms with van der Waals surface area (Å²) in [4.78, 5) is 29.2. The van der Waals surface area contributed by atoms with Crippen molar-refractivity contribution in [1.29, 1.82) is 0 Å². The molecule has 3 aromatic rings. The van der Waals surface area contributed by atoms with Gasteiger partial charge in [0.25, 0.3) is 5.24 Å². The molecule has 3 rings (SSSR count). The molecule has 0 heterocycles. The van der Waals surface area contributed by atoms with Crippen molar-refractivity contribution in [2.24, 2.45) is 0 Å². The maximum absolute atomic E-state index is 12.9. The summed E-state index contributed by atoms with van der Waals surface area (Å²) < 4.78 is 0. The summed E-state index contributed by atoms with van der Waals surface area (Å²) in [5, 5.41) is 2.04. The van der Waals surface area contributed by atoms with Crippen molar-refractivity contribution in [2.75, 3.05) is 13.1 Å². The van der Waals surface area contributed by atoms with Crippen LogP contribution in [0.2, 0.25) is 0 Å². The van der Waals surface area contributed by atoms with Crippen molar-refractivity contribution >= 4 is 44.7 Å². The number of hydrogen-bond donors (Lipinski definition) is 0. The van der Waals surface area contributed by atoms with Crippen LogP contribution in [0, 0.1) is 0 Å². The Labute approximate surface area is 187 Å². The molecule has 0 saturated heterocycles. The fraction of sp³-hybridized carbons (Fsp3) is 0.280. The predicted octanol–water partition coefficient (Wildman–Crippen LogP) is 7.28. The normalized spacial score (nSPS) is 10.9. The van der Waals surface area contributed by atoms with E-state index in [1.807, 2.05) is 79.4 Å². The van der Waals surface area contributed by atoms with Crippen LogP contribution < -0.4 is 0 Å². The van der Waals surface area contributed by atoms with Gasteiger partial charge in [0.15, 0.2) is 0 Å². The number of aryl methyl sites for hydroxylation is 1. The number of carbonyl (C=O) groups excluding carboxylic acids is 2. The number of rotatable bonds is 7. The van der Waals surface area contributed by atoms with E-state index in [0.29, 0.717) is 18.7 Å². The number of fused-ring (bicyclic) bond motifs is 1. The van der Waals surface area contributed by atoms with Gasteiger partial charge in [-0.05, 0) is 66.9 Å². The molecule has 0 aliphatic carbocycles. The van der Waals surface area contributed by atoms with Crippen LogP contribution in [-0.2, 0) is 6.42 Å². The van der Waals surface area contributed by atoms with E-state index in [9.17, 15) is 9.59 Å². The predicted molar refractivity (Wildman–Crippen MR) is 129 cm³/mol. The fourth-order valence-corrected chi connectivity index (χ4v) is 5.39. The van der Waals surface area contributed by atoms with Crippen LogP contribution >= 0.6 is 23.5 Å². The number of thioether (sulfide) groups is 2. The van der Waals surface area contributed by atoms with Gasteiger partial charge in [-0.2, -0.15) is 0 Å². The summed E-state index contributed by atoms with van der Waals surface area (Å²) in [5.41, 5.74) is 1.94. The fourth-order valence-electron chi connectivity index (χ4n) is 3.34. The van der Waals surface area contributed by atoms with Gasteiger partial charge in [0.1, 0.15) is 0 Å². The third kappa shape index (κ3) is 5.27. The summed E-state index contributed by atoms with van der Waals surface area (Å²) in [5.74, 6) is 0. The molecule has 3 nitrogen and oxygen atoms in total. The third-order valence-electron chi connectivity index (χ3n) is 4.98. The molecule has 1 amide bonds. The average molecular weight is 438 g/mol. The zero-order valence-electron chi connectivity index (χ0n) is 17.7. The first kappa shape index (κ1) is 22.4. The van der Waals surface area contributed by atoms with Crippen LogP contribution in [0.5, 0.6) is 0 Å². The first-order valence-electron chi connectivity index (χ1n) is 10.4. The van der Waals surface area contributed by atoms with Crippen LogP contribution in [0.25, 0.3) is 10.8 Å². The Bertz CT molecular complexity index is 1020. The Hall–Kier alpha value is -2.24. The van der Waals surface area contributed by atoms with Gasteiger partial charge in [-0.15, -0.1) is 0 Å². The van der Waals surface area contributed by atoms with Gasteiger partial charge < -0.3 is 4.90 Å². The van der Waals surface area contributed by atoms with Crippen LogP contribution in [0.15, 0.2) is 70.5 Å². The number of benzene rings is 3. The standard InChI is InChI=1S/C25H27NO2S2/c1-4-9-18-14-16-20(17-15-18)24(27)29-21-12-7-10-19-11-8-13-22(23(19)21)30-25(28)26(5-2)6-3/h7-8,10-17H,4-6,9H2,1-3H3. The van der Waals surface area contributed by atoms with E-state index in [1.54, 1.807) is 0 Å². The Kier molecular flexibility index (Phi) is 8.00. The van der Waals surface area contributed by atoms with Gasteiger partial charge in [0, 0.05) is 33.8 Å². The minimum absolute atomic E-state index is 0.0143. The minimum Gasteiger partial charge on any atom is -0.334 e. The Morgan fingerprint density at radius 1 is 0.800 bits per heavy atom. The van der Waals surface area contributed by atoms with E-state index >= 15 is 0 Å². The van der Waals surface area contributed by atoms with Gasteiger partial charge in [0.05, 0.1) is 0 Å². The molecule has 0 aromatic heterocycles. The van der Waals surface area contributed by atoms with Crippen LogP contribution in [-0.4, -0.2) is 28.3 Å². The Morgan fingerprint density at radius 2 is 1.40 bits per heavy atom. The van der Waals surface area contributed by atoms with Crippen molar-refractivity contribution in [3.05, 3.63) is 71.8 Å². The lowest BCUT2D eigenvalue weighted by atomic mass is 10.1. The second-order valence-electron chi connectivity index (χ2n) is 6.99. The highest BCUT2D eigenvalue weighted by atomic mass is 32.2. The van der Waals surface area contributed by atoms with Gasteiger partial charge in [0.2, 0.25) is 5.12 Å². The molecule has 0 fully saturated rings. The first-order chi connectivity index (χ1) is 14.6. The van der Waals surface area contributed by atoms with Gasteiger partial charge in [-0.3, -0.25) is 9.59 Å². The molecule has 0 spiro atoms. The topological polar surface area (TPSA) is 37.4 Å². The van der Waals surface area contributed by atoms with E-state index in [-0.39, 0.29) is 10.4 Å². The molecule has 0 N–H and O–H groups in total. The molecule has 156 valence electrons. The maximum atomic E-state index is 12.9. The second-order valence-corrected chi connectivity index (χ2v) is 9.00. The minimum atomic E-state index is 0.0143. The Balaban J connectivity index is 1.90. The van der Waals surface area contributed by atoms with E-state index < -0.39 is 0 Å².